The molecule has 0 aliphatic heterocycles. The fourth-order valence-electron chi connectivity index (χ4n) is 1.16. The summed E-state index contributed by atoms with van der Waals surface area (Å²) in [5.74, 6) is -0.0264. The van der Waals surface area contributed by atoms with Gasteiger partial charge in [0.05, 0.1) is 11.4 Å². The molecule has 1 aromatic rings. The largest absolute Gasteiger partial charge is 0.397 e. The first-order chi connectivity index (χ1) is 6.56. The van der Waals surface area contributed by atoms with Gasteiger partial charge in [-0.25, -0.2) is 0 Å². The van der Waals surface area contributed by atoms with E-state index in [4.69, 9.17) is 5.73 Å². The van der Waals surface area contributed by atoms with Crippen LogP contribution in [0, 0.1) is 0 Å². The van der Waals surface area contributed by atoms with Crippen molar-refractivity contribution in [2.75, 3.05) is 32.2 Å². The van der Waals surface area contributed by atoms with Crippen molar-refractivity contribution < 1.29 is 4.79 Å². The van der Waals surface area contributed by atoms with Gasteiger partial charge in [-0.05, 0) is 18.2 Å². The van der Waals surface area contributed by atoms with E-state index in [1.54, 1.807) is 39.3 Å². The van der Waals surface area contributed by atoms with Crippen LogP contribution in [0.4, 0.5) is 11.4 Å². The minimum atomic E-state index is -0.0264. The summed E-state index contributed by atoms with van der Waals surface area (Å²) in [6.07, 6.45) is 0. The van der Waals surface area contributed by atoms with E-state index in [9.17, 15) is 4.79 Å². The molecule has 3 N–H and O–H groups in total. The molecule has 0 fully saturated rings. The lowest BCUT2D eigenvalue weighted by Gasteiger charge is -2.12. The van der Waals surface area contributed by atoms with E-state index in [0.29, 0.717) is 11.3 Å². The number of anilines is 2. The molecular weight excluding hydrogens is 178 g/mol. The van der Waals surface area contributed by atoms with E-state index < -0.39 is 0 Å². The second kappa shape index (κ2) is 4.00. The minimum absolute atomic E-state index is 0.0264. The van der Waals surface area contributed by atoms with Crippen molar-refractivity contribution in [3.05, 3.63) is 23.8 Å². The molecule has 0 radical (unpaired) electrons. The van der Waals surface area contributed by atoms with Gasteiger partial charge in [-0.1, -0.05) is 0 Å². The van der Waals surface area contributed by atoms with Gasteiger partial charge in [-0.2, -0.15) is 0 Å². The number of rotatable bonds is 2. The van der Waals surface area contributed by atoms with E-state index in [-0.39, 0.29) is 5.91 Å². The van der Waals surface area contributed by atoms with E-state index in [0.717, 1.165) is 5.69 Å². The Morgan fingerprint density at radius 3 is 2.57 bits per heavy atom. The first-order valence-electron chi connectivity index (χ1n) is 4.35. The van der Waals surface area contributed by atoms with Crippen LogP contribution in [-0.2, 0) is 0 Å². The molecule has 0 aliphatic rings. The number of nitrogen functional groups attached to an aromatic ring is 1. The summed E-state index contributed by atoms with van der Waals surface area (Å²) in [6.45, 7) is 0. The molecule has 4 nitrogen and oxygen atoms in total. The van der Waals surface area contributed by atoms with Crippen LogP contribution in [0.25, 0.3) is 0 Å². The molecule has 0 bridgehead atoms. The molecule has 0 atom stereocenters. The number of carbonyl (C=O) groups is 1. The first-order valence-corrected chi connectivity index (χ1v) is 4.35. The van der Waals surface area contributed by atoms with Crippen LogP contribution in [0.1, 0.15) is 10.4 Å². The zero-order valence-electron chi connectivity index (χ0n) is 8.66. The number of amides is 1. The molecule has 76 valence electrons. The van der Waals surface area contributed by atoms with E-state index in [1.807, 2.05) is 0 Å². The highest BCUT2D eigenvalue weighted by Gasteiger charge is 2.09. The average molecular weight is 193 g/mol. The Morgan fingerprint density at radius 2 is 2.07 bits per heavy atom. The summed E-state index contributed by atoms with van der Waals surface area (Å²) in [5.41, 5.74) is 7.74. The minimum Gasteiger partial charge on any atom is -0.397 e. The summed E-state index contributed by atoms with van der Waals surface area (Å²) < 4.78 is 0. The van der Waals surface area contributed by atoms with Crippen LogP contribution in [0.15, 0.2) is 18.2 Å². The maximum Gasteiger partial charge on any atom is 0.253 e. The highest BCUT2D eigenvalue weighted by Crippen LogP contribution is 2.19. The third-order valence-corrected chi connectivity index (χ3v) is 1.98. The predicted octanol–water partition coefficient (Wildman–Crippen LogP) is 1.01. The summed E-state index contributed by atoms with van der Waals surface area (Å²) in [4.78, 5) is 13.1. The van der Waals surface area contributed by atoms with E-state index in [1.165, 1.54) is 4.90 Å². The molecule has 4 heteroatoms. The highest BCUT2D eigenvalue weighted by atomic mass is 16.2. The molecule has 1 aromatic carbocycles. The summed E-state index contributed by atoms with van der Waals surface area (Å²) in [6, 6.07) is 5.19. The Labute approximate surface area is 83.7 Å². The molecule has 0 spiro atoms. The van der Waals surface area contributed by atoms with Crippen molar-refractivity contribution in [3.8, 4) is 0 Å². The number of carbonyl (C=O) groups excluding carboxylic acids is 1. The third kappa shape index (κ3) is 1.96. The van der Waals surface area contributed by atoms with Gasteiger partial charge in [0.1, 0.15) is 0 Å². The lowest BCUT2D eigenvalue weighted by molar-refractivity contribution is 0.0827. The quantitative estimate of drug-likeness (QED) is 0.689. The fourth-order valence-corrected chi connectivity index (χ4v) is 1.16. The molecule has 0 aliphatic carbocycles. The van der Waals surface area contributed by atoms with Crippen molar-refractivity contribution >= 4 is 17.3 Å². The molecular formula is C10H15N3O. The summed E-state index contributed by atoms with van der Waals surface area (Å²) in [5, 5.41) is 2.93. The molecule has 1 amide bonds. The van der Waals surface area contributed by atoms with E-state index in [2.05, 4.69) is 5.32 Å². The second-order valence-electron chi connectivity index (χ2n) is 3.25. The fraction of sp³-hybridized carbons (Fsp3) is 0.300. The number of hydrogen-bond donors (Lipinski definition) is 2. The van der Waals surface area contributed by atoms with Gasteiger partial charge >= 0.3 is 0 Å². The van der Waals surface area contributed by atoms with Crippen molar-refractivity contribution in [2.45, 2.75) is 0 Å². The van der Waals surface area contributed by atoms with Gasteiger partial charge in [0.15, 0.2) is 0 Å². The lowest BCUT2D eigenvalue weighted by atomic mass is 10.1. The third-order valence-electron chi connectivity index (χ3n) is 1.98. The molecule has 0 saturated carbocycles. The van der Waals surface area contributed by atoms with Crippen molar-refractivity contribution in [1.29, 1.82) is 0 Å². The molecule has 0 aromatic heterocycles. The van der Waals surface area contributed by atoms with Gasteiger partial charge in [-0.3, -0.25) is 4.79 Å². The van der Waals surface area contributed by atoms with Crippen molar-refractivity contribution in [2.24, 2.45) is 0 Å². The first kappa shape index (κ1) is 10.4. The number of nitrogens with zero attached hydrogens (tertiary/aromatic N) is 1. The Morgan fingerprint density at radius 1 is 1.43 bits per heavy atom. The van der Waals surface area contributed by atoms with Gasteiger partial charge in [0.2, 0.25) is 0 Å². The van der Waals surface area contributed by atoms with Gasteiger partial charge in [0, 0.05) is 26.7 Å². The van der Waals surface area contributed by atoms with Gasteiger partial charge < -0.3 is 16.0 Å². The zero-order chi connectivity index (χ0) is 10.7. The normalized spacial score (nSPS) is 9.64. The maximum absolute atomic E-state index is 11.6. The van der Waals surface area contributed by atoms with Crippen LogP contribution in [0.3, 0.4) is 0 Å². The monoisotopic (exact) mass is 193 g/mol. The smallest absolute Gasteiger partial charge is 0.253 e. The number of hydrogen-bond acceptors (Lipinski definition) is 3. The standard InChI is InChI=1S/C10H15N3O/c1-12-9-6-7(4-5-8(9)11)10(14)13(2)3/h4-6,12H,11H2,1-3H3. The Bertz CT molecular complexity index is 347. The Hall–Kier alpha value is -1.71. The topological polar surface area (TPSA) is 58.4 Å². The van der Waals surface area contributed by atoms with Crippen LogP contribution >= 0.6 is 0 Å². The van der Waals surface area contributed by atoms with Crippen LogP contribution in [0.5, 0.6) is 0 Å². The van der Waals surface area contributed by atoms with Crippen LogP contribution in [0.2, 0.25) is 0 Å². The molecule has 0 heterocycles. The zero-order valence-corrected chi connectivity index (χ0v) is 8.66. The predicted molar refractivity (Wildman–Crippen MR) is 58.4 cm³/mol. The summed E-state index contributed by atoms with van der Waals surface area (Å²) >= 11 is 0. The SMILES string of the molecule is CNc1cc(C(=O)N(C)C)ccc1N. The molecule has 0 unspecified atom stereocenters. The van der Waals surface area contributed by atoms with Crippen molar-refractivity contribution in [1.82, 2.24) is 4.90 Å². The maximum atomic E-state index is 11.6. The van der Waals surface area contributed by atoms with Gasteiger partial charge in [0.25, 0.3) is 5.91 Å². The van der Waals surface area contributed by atoms with Gasteiger partial charge in [-0.15, -0.1) is 0 Å². The number of benzene rings is 1. The summed E-state index contributed by atoms with van der Waals surface area (Å²) in [7, 11) is 5.21. The molecule has 0 saturated heterocycles. The lowest BCUT2D eigenvalue weighted by Crippen LogP contribution is -2.21. The number of nitrogens with one attached hydrogen (secondary N) is 1. The van der Waals surface area contributed by atoms with E-state index >= 15 is 0 Å². The van der Waals surface area contributed by atoms with Crippen molar-refractivity contribution in [3.63, 3.8) is 0 Å². The Kier molecular flexibility index (Phi) is 2.96. The second-order valence-corrected chi connectivity index (χ2v) is 3.25. The average Bonchev–Trinajstić information content (AvgIpc) is 2.17. The highest BCUT2D eigenvalue weighted by molar-refractivity contribution is 5.95. The van der Waals surface area contributed by atoms with Crippen LogP contribution in [-0.4, -0.2) is 32.0 Å². The van der Waals surface area contributed by atoms with Crippen LogP contribution < -0.4 is 11.1 Å². The Balaban J connectivity index is 3.06. The number of nitrogens with two attached hydrogens (primary N) is 1. The molecule has 14 heavy (non-hydrogen) atoms. The molecule has 1 rings (SSSR count).